The van der Waals surface area contributed by atoms with Gasteiger partial charge in [-0.3, -0.25) is 14.4 Å². The van der Waals surface area contributed by atoms with Crippen molar-refractivity contribution in [3.8, 4) is 16.3 Å². The number of nitrogens with one attached hydrogen (secondary N) is 1. The number of ether oxygens (including phenoxy) is 2. The van der Waals surface area contributed by atoms with Crippen LogP contribution >= 0.6 is 11.3 Å². The topological polar surface area (TPSA) is 138 Å². The molecule has 1 aromatic carbocycles. The maximum atomic E-state index is 13.2. The molecule has 0 spiro atoms. The molecule has 3 rings (SSSR count). The first-order chi connectivity index (χ1) is 17.8. The van der Waals surface area contributed by atoms with Crippen LogP contribution in [0.1, 0.15) is 43.1 Å². The molecule has 0 bridgehead atoms. The van der Waals surface area contributed by atoms with Gasteiger partial charge in [-0.1, -0.05) is 25.5 Å². The third-order valence-corrected chi connectivity index (χ3v) is 6.77. The van der Waals surface area contributed by atoms with E-state index in [4.69, 9.17) is 14.6 Å². The molecular formula is C25H32N4O7S. The Morgan fingerprint density at radius 3 is 2.51 bits per heavy atom. The Labute approximate surface area is 219 Å². The molecule has 1 saturated heterocycles. The number of piperazine rings is 1. The molecular weight excluding hydrogens is 500 g/mol. The fraction of sp³-hybridized carbons (Fsp3) is 0.480. The van der Waals surface area contributed by atoms with E-state index in [-0.39, 0.29) is 31.6 Å². The second kappa shape index (κ2) is 13.6. The number of carboxylic acid groups (broad SMARTS) is 1. The highest BCUT2D eigenvalue weighted by molar-refractivity contribution is 7.13. The number of methoxy groups -OCH3 is 1. The van der Waals surface area contributed by atoms with E-state index >= 15 is 0 Å². The number of thiazole rings is 1. The Morgan fingerprint density at radius 1 is 1.14 bits per heavy atom. The number of carbonyl (C=O) groups excluding carboxylic acids is 3. The molecule has 2 heterocycles. The summed E-state index contributed by atoms with van der Waals surface area (Å²) in [6.07, 6.45) is 0.939. The van der Waals surface area contributed by atoms with Crippen molar-refractivity contribution in [3.05, 3.63) is 35.3 Å². The summed E-state index contributed by atoms with van der Waals surface area (Å²) in [6.45, 7) is 3.47. The van der Waals surface area contributed by atoms with Gasteiger partial charge in [0.05, 0.1) is 19.3 Å². The van der Waals surface area contributed by atoms with Crippen LogP contribution in [0.4, 0.5) is 4.79 Å². The highest BCUT2D eigenvalue weighted by Gasteiger charge is 2.31. The molecule has 3 amide bonds. The number of unbranched alkanes of at least 4 members (excludes halogenated alkanes) is 1. The number of nitrogens with zero attached hydrogens (tertiary/aromatic N) is 3. The molecule has 0 unspecified atom stereocenters. The molecule has 1 aromatic heterocycles. The van der Waals surface area contributed by atoms with E-state index in [9.17, 15) is 19.2 Å². The number of carboxylic acids is 1. The molecule has 1 aliphatic heterocycles. The summed E-state index contributed by atoms with van der Waals surface area (Å²) in [7, 11) is 1.55. The number of benzene rings is 1. The van der Waals surface area contributed by atoms with Crippen LogP contribution in [0.25, 0.3) is 10.6 Å². The third-order valence-electron chi connectivity index (χ3n) is 5.90. The second-order valence-corrected chi connectivity index (χ2v) is 9.34. The normalized spacial score (nSPS) is 14.1. The van der Waals surface area contributed by atoms with E-state index in [0.717, 1.165) is 18.4 Å². The summed E-state index contributed by atoms with van der Waals surface area (Å²) >= 11 is 1.26. The van der Waals surface area contributed by atoms with E-state index < -0.39 is 29.9 Å². The van der Waals surface area contributed by atoms with Crippen LogP contribution in [-0.2, 0) is 14.3 Å². The number of rotatable bonds is 11. The monoisotopic (exact) mass is 532 g/mol. The van der Waals surface area contributed by atoms with Crippen LogP contribution in [-0.4, -0.2) is 89.7 Å². The lowest BCUT2D eigenvalue weighted by Gasteiger charge is -2.36. The molecule has 37 heavy (non-hydrogen) atoms. The predicted molar refractivity (Wildman–Crippen MR) is 137 cm³/mol. The van der Waals surface area contributed by atoms with Crippen molar-refractivity contribution >= 4 is 35.2 Å². The van der Waals surface area contributed by atoms with Crippen molar-refractivity contribution in [2.75, 3.05) is 39.9 Å². The molecule has 0 radical (unpaired) electrons. The maximum absolute atomic E-state index is 13.2. The molecule has 11 nitrogen and oxygen atoms in total. The van der Waals surface area contributed by atoms with E-state index in [1.807, 2.05) is 25.1 Å². The average molecular weight is 533 g/mol. The zero-order valence-electron chi connectivity index (χ0n) is 21.0. The van der Waals surface area contributed by atoms with Gasteiger partial charge < -0.3 is 29.7 Å². The third kappa shape index (κ3) is 7.66. The number of amides is 3. The minimum absolute atomic E-state index is 0.0668. The van der Waals surface area contributed by atoms with Gasteiger partial charge in [0.2, 0.25) is 5.91 Å². The van der Waals surface area contributed by atoms with E-state index in [1.165, 1.54) is 16.2 Å². The summed E-state index contributed by atoms with van der Waals surface area (Å²) in [5.41, 5.74) is 0.859. The van der Waals surface area contributed by atoms with Gasteiger partial charge in [0.15, 0.2) is 0 Å². The molecule has 1 atom stereocenters. The SMILES string of the molecule is CCCCOC(=O)N1CCN(C(=O)[C@H](CCC(=O)O)NC(=O)c2csc(-c3ccccc3OC)n2)CC1. The molecule has 2 aromatic rings. The fourth-order valence-electron chi connectivity index (χ4n) is 3.81. The molecule has 12 heteroatoms. The largest absolute Gasteiger partial charge is 0.496 e. The molecule has 1 aliphatic rings. The van der Waals surface area contributed by atoms with Gasteiger partial charge in [-0.2, -0.15) is 0 Å². The van der Waals surface area contributed by atoms with Crippen LogP contribution in [0.5, 0.6) is 5.75 Å². The minimum Gasteiger partial charge on any atom is -0.496 e. The lowest BCUT2D eigenvalue weighted by Crippen LogP contribution is -2.56. The van der Waals surface area contributed by atoms with Crippen molar-refractivity contribution in [2.45, 2.75) is 38.6 Å². The Morgan fingerprint density at radius 2 is 1.84 bits per heavy atom. The standard InChI is InChI=1S/C25H32N4O7S/c1-3-4-15-36-25(34)29-13-11-28(12-14-29)24(33)18(9-10-21(30)31)26-22(32)19-16-37-23(27-19)17-7-5-6-8-20(17)35-2/h5-8,16,18H,3-4,9-15H2,1-2H3,(H,26,32)(H,30,31)/t18-/m0/s1. The van der Waals surface area contributed by atoms with Gasteiger partial charge >= 0.3 is 12.1 Å². The van der Waals surface area contributed by atoms with Crippen molar-refractivity contribution in [1.29, 1.82) is 0 Å². The molecule has 2 N–H and O–H groups in total. The van der Waals surface area contributed by atoms with Gasteiger partial charge in [0.1, 0.15) is 22.5 Å². The highest BCUT2D eigenvalue weighted by Crippen LogP contribution is 2.31. The first kappa shape index (κ1) is 27.9. The summed E-state index contributed by atoms with van der Waals surface area (Å²) in [6, 6.07) is 6.25. The Bertz CT molecular complexity index is 1100. The van der Waals surface area contributed by atoms with Crippen LogP contribution in [0, 0.1) is 0 Å². The second-order valence-electron chi connectivity index (χ2n) is 8.48. The Kier molecular flexibility index (Phi) is 10.2. The van der Waals surface area contributed by atoms with Crippen LogP contribution in [0.15, 0.2) is 29.6 Å². The highest BCUT2D eigenvalue weighted by atomic mass is 32.1. The fourth-order valence-corrected chi connectivity index (χ4v) is 4.63. The van der Waals surface area contributed by atoms with Gasteiger partial charge in [0, 0.05) is 38.0 Å². The molecule has 0 aliphatic carbocycles. The lowest BCUT2D eigenvalue weighted by molar-refractivity contribution is -0.138. The average Bonchev–Trinajstić information content (AvgIpc) is 3.41. The summed E-state index contributed by atoms with van der Waals surface area (Å²) < 4.78 is 10.6. The summed E-state index contributed by atoms with van der Waals surface area (Å²) in [5, 5.41) is 14.0. The minimum atomic E-state index is -1.07. The summed E-state index contributed by atoms with van der Waals surface area (Å²) in [4.78, 5) is 57.0. The van der Waals surface area contributed by atoms with Crippen LogP contribution in [0.2, 0.25) is 0 Å². The van der Waals surface area contributed by atoms with Crippen molar-refractivity contribution < 1.29 is 33.8 Å². The summed E-state index contributed by atoms with van der Waals surface area (Å²) in [5.74, 6) is -1.42. The quantitative estimate of drug-likeness (QED) is 0.421. The van der Waals surface area contributed by atoms with Gasteiger partial charge in [-0.05, 0) is 25.0 Å². The van der Waals surface area contributed by atoms with Crippen LogP contribution in [0.3, 0.4) is 0 Å². The van der Waals surface area contributed by atoms with E-state index in [0.29, 0.717) is 30.5 Å². The molecule has 1 fully saturated rings. The number of aromatic nitrogens is 1. The van der Waals surface area contributed by atoms with Crippen LogP contribution < -0.4 is 10.1 Å². The number of aliphatic carboxylic acids is 1. The molecule has 0 saturated carbocycles. The van der Waals surface area contributed by atoms with Crippen molar-refractivity contribution in [1.82, 2.24) is 20.1 Å². The smallest absolute Gasteiger partial charge is 0.409 e. The first-order valence-corrected chi connectivity index (χ1v) is 13.0. The van der Waals surface area contributed by atoms with Gasteiger partial charge in [-0.15, -0.1) is 11.3 Å². The van der Waals surface area contributed by atoms with E-state index in [1.54, 1.807) is 23.5 Å². The first-order valence-electron chi connectivity index (χ1n) is 12.2. The number of carbonyl (C=O) groups is 4. The van der Waals surface area contributed by atoms with Crippen molar-refractivity contribution in [2.24, 2.45) is 0 Å². The van der Waals surface area contributed by atoms with Gasteiger partial charge in [-0.25, -0.2) is 9.78 Å². The zero-order chi connectivity index (χ0) is 26.8. The van der Waals surface area contributed by atoms with Crippen molar-refractivity contribution in [3.63, 3.8) is 0 Å². The Hall–Kier alpha value is -3.67. The number of hydrogen-bond acceptors (Lipinski definition) is 8. The Balaban J connectivity index is 1.64. The maximum Gasteiger partial charge on any atom is 0.409 e. The van der Waals surface area contributed by atoms with Gasteiger partial charge in [0.25, 0.3) is 5.91 Å². The molecule has 200 valence electrons. The predicted octanol–water partition coefficient (Wildman–Crippen LogP) is 2.86. The number of para-hydroxylation sites is 1. The van der Waals surface area contributed by atoms with E-state index in [2.05, 4.69) is 10.3 Å². The lowest BCUT2D eigenvalue weighted by atomic mass is 10.1. The zero-order valence-corrected chi connectivity index (χ0v) is 21.8. The number of hydrogen-bond donors (Lipinski definition) is 2.